The number of hydrogen-bond donors (Lipinski definition) is 3. The molecule has 0 fully saturated rings. The molecule has 232 valence electrons. The fourth-order valence-corrected chi connectivity index (χ4v) is 5.69. The van der Waals surface area contributed by atoms with Gasteiger partial charge in [-0.15, -0.1) is 0 Å². The number of nitrogens with one attached hydrogen (secondary N) is 1. The zero-order chi connectivity index (χ0) is 31.5. The Bertz CT molecular complexity index is 1440. The first-order valence-electron chi connectivity index (χ1n) is 15.6. The van der Waals surface area contributed by atoms with Crippen LogP contribution in [-0.4, -0.2) is 52.8 Å². The minimum Gasteiger partial charge on any atom is -0.508 e. The van der Waals surface area contributed by atoms with E-state index < -0.39 is 0 Å². The number of phenols is 2. The van der Waals surface area contributed by atoms with Crippen molar-refractivity contribution in [2.75, 3.05) is 19.7 Å². The largest absolute Gasteiger partial charge is 0.508 e. The molecule has 0 spiro atoms. The SMILES string of the molecule is CC(C)N(CCC(c1ccccc1)c1cc(CCOc2ccc(CCNC(=O)c3ccc(O)cc3)cc2)ccc1O)C(C)C. The molecule has 0 aliphatic rings. The lowest BCUT2D eigenvalue weighted by Crippen LogP contribution is -2.38. The van der Waals surface area contributed by atoms with Gasteiger partial charge in [0.25, 0.3) is 5.91 Å². The summed E-state index contributed by atoms with van der Waals surface area (Å²) in [5, 5.41) is 23.3. The van der Waals surface area contributed by atoms with Crippen LogP contribution in [0.1, 0.15) is 72.6 Å². The summed E-state index contributed by atoms with van der Waals surface area (Å²) in [5.74, 6) is 1.20. The molecule has 0 aliphatic carbocycles. The standard InChI is InChI=1S/C38H46N2O4/c1-27(2)40(28(3)4)24-21-35(31-8-6-5-7-9-31)36-26-30(12-19-37(36)42)22-25-44-34-17-10-29(11-18-34)20-23-39-38(43)32-13-15-33(41)16-14-32/h5-19,26-28,35,41-42H,20-25H2,1-4H3,(H,39,43). The van der Waals surface area contributed by atoms with Crippen molar-refractivity contribution in [2.24, 2.45) is 0 Å². The third kappa shape index (κ3) is 9.35. The number of ether oxygens (including phenoxy) is 1. The van der Waals surface area contributed by atoms with Gasteiger partial charge in [0.1, 0.15) is 17.2 Å². The first-order chi connectivity index (χ1) is 21.2. The third-order valence-corrected chi connectivity index (χ3v) is 8.08. The summed E-state index contributed by atoms with van der Waals surface area (Å²) in [5.41, 5.74) is 4.93. The molecule has 6 heteroatoms. The summed E-state index contributed by atoms with van der Waals surface area (Å²) in [7, 11) is 0. The number of phenolic OH excluding ortho intramolecular Hbond substituents is 2. The van der Waals surface area contributed by atoms with Crippen LogP contribution in [-0.2, 0) is 12.8 Å². The third-order valence-electron chi connectivity index (χ3n) is 8.08. The van der Waals surface area contributed by atoms with Crippen LogP contribution < -0.4 is 10.1 Å². The molecule has 0 radical (unpaired) electrons. The Morgan fingerprint density at radius 2 is 1.45 bits per heavy atom. The summed E-state index contributed by atoms with van der Waals surface area (Å²) in [6, 6.07) is 31.5. The molecule has 0 bridgehead atoms. The van der Waals surface area contributed by atoms with Gasteiger partial charge < -0.3 is 20.3 Å². The predicted octanol–water partition coefficient (Wildman–Crippen LogP) is 7.33. The van der Waals surface area contributed by atoms with E-state index in [4.69, 9.17) is 4.74 Å². The van der Waals surface area contributed by atoms with Gasteiger partial charge in [-0.05, 0) is 106 Å². The molecule has 6 nitrogen and oxygen atoms in total. The highest BCUT2D eigenvalue weighted by molar-refractivity contribution is 5.94. The van der Waals surface area contributed by atoms with E-state index in [1.807, 2.05) is 42.5 Å². The van der Waals surface area contributed by atoms with Gasteiger partial charge in [-0.1, -0.05) is 54.6 Å². The van der Waals surface area contributed by atoms with Crippen LogP contribution in [0.25, 0.3) is 0 Å². The first-order valence-corrected chi connectivity index (χ1v) is 15.6. The topological polar surface area (TPSA) is 82.0 Å². The maximum absolute atomic E-state index is 12.3. The molecule has 0 saturated heterocycles. The van der Waals surface area contributed by atoms with Crippen LogP contribution in [0.5, 0.6) is 17.2 Å². The second-order valence-corrected chi connectivity index (χ2v) is 11.9. The highest BCUT2D eigenvalue weighted by Crippen LogP contribution is 2.35. The number of rotatable bonds is 15. The van der Waals surface area contributed by atoms with E-state index in [9.17, 15) is 15.0 Å². The van der Waals surface area contributed by atoms with Crippen LogP contribution in [0.4, 0.5) is 0 Å². The van der Waals surface area contributed by atoms with Crippen LogP contribution in [0.2, 0.25) is 0 Å². The molecular formula is C38H46N2O4. The molecule has 4 aromatic rings. The van der Waals surface area contributed by atoms with E-state index in [1.165, 1.54) is 17.7 Å². The Kier molecular flexibility index (Phi) is 11.8. The van der Waals surface area contributed by atoms with Crippen molar-refractivity contribution in [3.8, 4) is 17.2 Å². The van der Waals surface area contributed by atoms with Gasteiger partial charge in [-0.25, -0.2) is 0 Å². The monoisotopic (exact) mass is 594 g/mol. The molecule has 4 aromatic carbocycles. The molecule has 0 heterocycles. The Hall–Kier alpha value is -4.29. The van der Waals surface area contributed by atoms with E-state index in [-0.39, 0.29) is 17.6 Å². The highest BCUT2D eigenvalue weighted by atomic mass is 16.5. The van der Waals surface area contributed by atoms with Crippen molar-refractivity contribution in [3.05, 3.63) is 125 Å². The highest BCUT2D eigenvalue weighted by Gasteiger charge is 2.21. The normalized spacial score (nSPS) is 12.1. The van der Waals surface area contributed by atoms with E-state index in [1.54, 1.807) is 12.1 Å². The van der Waals surface area contributed by atoms with Gasteiger partial charge in [0, 0.05) is 42.1 Å². The number of benzene rings is 4. The zero-order valence-electron chi connectivity index (χ0n) is 26.4. The molecule has 1 amide bonds. The molecule has 0 saturated carbocycles. The van der Waals surface area contributed by atoms with Gasteiger partial charge in [-0.2, -0.15) is 0 Å². The Labute approximate surface area is 262 Å². The summed E-state index contributed by atoms with van der Waals surface area (Å²) < 4.78 is 6.06. The molecule has 0 aliphatic heterocycles. The smallest absolute Gasteiger partial charge is 0.251 e. The molecule has 44 heavy (non-hydrogen) atoms. The molecule has 1 unspecified atom stereocenters. The van der Waals surface area contributed by atoms with E-state index in [0.29, 0.717) is 43.0 Å². The van der Waals surface area contributed by atoms with Crippen LogP contribution in [0.3, 0.4) is 0 Å². The fraction of sp³-hybridized carbons (Fsp3) is 0.342. The van der Waals surface area contributed by atoms with E-state index in [2.05, 4.69) is 68.2 Å². The molecular weight excluding hydrogens is 548 g/mol. The predicted molar refractivity (Wildman–Crippen MR) is 178 cm³/mol. The molecule has 1 atom stereocenters. The number of amides is 1. The molecule has 0 aromatic heterocycles. The van der Waals surface area contributed by atoms with Crippen LogP contribution >= 0.6 is 0 Å². The average Bonchev–Trinajstić information content (AvgIpc) is 3.01. The van der Waals surface area contributed by atoms with Crippen molar-refractivity contribution in [2.45, 2.75) is 65.0 Å². The second-order valence-electron chi connectivity index (χ2n) is 11.9. The Balaban J connectivity index is 1.32. The zero-order valence-corrected chi connectivity index (χ0v) is 26.4. The Morgan fingerprint density at radius 1 is 0.795 bits per heavy atom. The summed E-state index contributed by atoms with van der Waals surface area (Å²) >= 11 is 0. The van der Waals surface area contributed by atoms with Gasteiger partial charge >= 0.3 is 0 Å². The van der Waals surface area contributed by atoms with Crippen molar-refractivity contribution in [3.63, 3.8) is 0 Å². The lowest BCUT2D eigenvalue weighted by molar-refractivity contribution is 0.0954. The van der Waals surface area contributed by atoms with Crippen molar-refractivity contribution in [1.29, 1.82) is 0 Å². The number of carbonyl (C=O) groups is 1. The number of carbonyl (C=O) groups excluding carboxylic acids is 1. The molecule has 4 rings (SSSR count). The van der Waals surface area contributed by atoms with Crippen LogP contribution in [0.15, 0.2) is 97.1 Å². The minimum atomic E-state index is -0.162. The van der Waals surface area contributed by atoms with Crippen molar-refractivity contribution in [1.82, 2.24) is 10.2 Å². The van der Waals surface area contributed by atoms with Gasteiger partial charge in [0.2, 0.25) is 0 Å². The second kappa shape index (κ2) is 16.0. The quantitative estimate of drug-likeness (QED) is 0.134. The maximum atomic E-state index is 12.3. The fourth-order valence-electron chi connectivity index (χ4n) is 5.69. The van der Waals surface area contributed by atoms with Crippen LogP contribution in [0, 0.1) is 0 Å². The van der Waals surface area contributed by atoms with Gasteiger partial charge in [0.15, 0.2) is 0 Å². The number of nitrogens with zero attached hydrogens (tertiary/aromatic N) is 1. The van der Waals surface area contributed by atoms with E-state index in [0.717, 1.165) is 41.8 Å². The maximum Gasteiger partial charge on any atom is 0.251 e. The number of aromatic hydroxyl groups is 2. The average molecular weight is 595 g/mol. The van der Waals surface area contributed by atoms with Crippen molar-refractivity contribution >= 4 is 5.91 Å². The number of hydrogen-bond acceptors (Lipinski definition) is 5. The first kappa shape index (κ1) is 32.6. The Morgan fingerprint density at radius 3 is 2.11 bits per heavy atom. The summed E-state index contributed by atoms with van der Waals surface area (Å²) in [4.78, 5) is 14.8. The minimum absolute atomic E-state index is 0.0930. The van der Waals surface area contributed by atoms with Gasteiger partial charge in [-0.3, -0.25) is 9.69 Å². The lowest BCUT2D eigenvalue weighted by Gasteiger charge is -2.32. The summed E-state index contributed by atoms with van der Waals surface area (Å²) in [6.07, 6.45) is 2.35. The summed E-state index contributed by atoms with van der Waals surface area (Å²) in [6.45, 7) is 10.9. The molecule has 3 N–H and O–H groups in total. The van der Waals surface area contributed by atoms with Gasteiger partial charge in [0.05, 0.1) is 6.61 Å². The van der Waals surface area contributed by atoms with Crippen molar-refractivity contribution < 1.29 is 19.7 Å². The van der Waals surface area contributed by atoms with E-state index >= 15 is 0 Å². The lowest BCUT2D eigenvalue weighted by atomic mass is 9.86.